The van der Waals surface area contributed by atoms with Gasteiger partial charge < -0.3 is 0 Å². The maximum Gasteiger partial charge on any atom is 0.0269 e. The minimum absolute atomic E-state index is 0.251. The van der Waals surface area contributed by atoms with E-state index in [9.17, 15) is 0 Å². The van der Waals surface area contributed by atoms with Gasteiger partial charge in [-0.05, 0) is 29.7 Å². The monoisotopic (exact) mass is 208 g/mol. The second-order valence-corrected chi connectivity index (χ2v) is 5.89. The van der Waals surface area contributed by atoms with E-state index in [0.717, 1.165) is 0 Å². The molecule has 0 fully saturated rings. The molecule has 1 rings (SSSR count). The first kappa shape index (κ1) is 11.6. The molecule has 78 valence electrons. The minimum atomic E-state index is 0.251. The van der Waals surface area contributed by atoms with Gasteiger partial charge in [-0.2, -0.15) is 11.8 Å². The lowest BCUT2D eigenvalue weighted by Crippen LogP contribution is -2.14. The largest absolute Gasteiger partial charge is 0.157 e. The Morgan fingerprint density at radius 2 is 1.71 bits per heavy atom. The Balaban J connectivity index is 3.16. The highest BCUT2D eigenvalue weighted by Crippen LogP contribution is 2.34. The van der Waals surface area contributed by atoms with Crippen molar-refractivity contribution in [3.05, 3.63) is 35.4 Å². The summed E-state index contributed by atoms with van der Waals surface area (Å²) in [6.07, 6.45) is 2.17. The topological polar surface area (TPSA) is 0 Å². The summed E-state index contributed by atoms with van der Waals surface area (Å²) in [5, 5.41) is 0.588. The molecule has 14 heavy (non-hydrogen) atoms. The van der Waals surface area contributed by atoms with Crippen molar-refractivity contribution < 1.29 is 0 Å². The van der Waals surface area contributed by atoms with E-state index in [0.29, 0.717) is 5.25 Å². The molecule has 0 aliphatic rings. The van der Waals surface area contributed by atoms with Crippen LogP contribution in [0.4, 0.5) is 0 Å². The molecule has 0 spiro atoms. The fraction of sp³-hybridized carbons (Fsp3) is 0.538. The second kappa shape index (κ2) is 4.39. The van der Waals surface area contributed by atoms with Crippen molar-refractivity contribution in [2.45, 2.75) is 38.4 Å². The third-order valence-corrected chi connectivity index (χ3v) is 3.52. The number of benzene rings is 1. The zero-order chi connectivity index (χ0) is 10.8. The van der Waals surface area contributed by atoms with E-state index in [1.807, 2.05) is 11.8 Å². The van der Waals surface area contributed by atoms with Crippen molar-refractivity contribution in [2.24, 2.45) is 0 Å². The number of hydrogen-bond acceptors (Lipinski definition) is 1. The quantitative estimate of drug-likeness (QED) is 0.694. The molecule has 0 aromatic heterocycles. The summed E-state index contributed by atoms with van der Waals surface area (Å²) >= 11 is 1.91. The molecule has 0 aliphatic heterocycles. The van der Waals surface area contributed by atoms with Gasteiger partial charge >= 0.3 is 0 Å². The first-order valence-corrected chi connectivity index (χ1v) is 6.38. The van der Waals surface area contributed by atoms with Crippen molar-refractivity contribution in [1.82, 2.24) is 0 Å². The Hall–Kier alpha value is -0.430. The summed E-state index contributed by atoms with van der Waals surface area (Å²) in [4.78, 5) is 0. The molecule has 0 amide bonds. The van der Waals surface area contributed by atoms with Crippen LogP contribution in [0.15, 0.2) is 24.3 Å². The van der Waals surface area contributed by atoms with Crippen LogP contribution >= 0.6 is 11.8 Å². The maximum absolute atomic E-state index is 2.28. The van der Waals surface area contributed by atoms with E-state index in [1.54, 1.807) is 0 Å². The first-order valence-electron chi connectivity index (χ1n) is 5.09. The number of rotatable bonds is 2. The summed E-state index contributed by atoms with van der Waals surface area (Å²) in [7, 11) is 0. The van der Waals surface area contributed by atoms with E-state index in [1.165, 1.54) is 11.1 Å². The molecule has 0 radical (unpaired) electrons. The van der Waals surface area contributed by atoms with Gasteiger partial charge in [0.25, 0.3) is 0 Å². The molecule has 0 saturated carbocycles. The van der Waals surface area contributed by atoms with E-state index in [4.69, 9.17) is 0 Å². The highest BCUT2D eigenvalue weighted by atomic mass is 32.2. The van der Waals surface area contributed by atoms with Crippen LogP contribution in [0, 0.1) is 0 Å². The van der Waals surface area contributed by atoms with Crippen molar-refractivity contribution in [1.29, 1.82) is 0 Å². The van der Waals surface area contributed by atoms with Crippen molar-refractivity contribution >= 4 is 11.8 Å². The lowest BCUT2D eigenvalue weighted by molar-refractivity contribution is 0.583. The molecule has 0 heterocycles. The third kappa shape index (κ3) is 2.54. The summed E-state index contributed by atoms with van der Waals surface area (Å²) < 4.78 is 0. The van der Waals surface area contributed by atoms with E-state index in [-0.39, 0.29) is 5.41 Å². The molecule has 1 aromatic rings. The van der Waals surface area contributed by atoms with E-state index < -0.39 is 0 Å². The summed E-state index contributed by atoms with van der Waals surface area (Å²) in [6, 6.07) is 8.78. The number of hydrogen-bond donors (Lipinski definition) is 0. The smallest absolute Gasteiger partial charge is 0.0269 e. The predicted molar refractivity (Wildman–Crippen MR) is 67.1 cm³/mol. The van der Waals surface area contributed by atoms with E-state index >= 15 is 0 Å². The van der Waals surface area contributed by atoms with Crippen LogP contribution < -0.4 is 0 Å². The molecule has 0 saturated heterocycles. The first-order chi connectivity index (χ1) is 6.46. The molecule has 0 nitrogen and oxygen atoms in total. The van der Waals surface area contributed by atoms with Crippen molar-refractivity contribution in [3.63, 3.8) is 0 Å². The van der Waals surface area contributed by atoms with Crippen LogP contribution in [0.3, 0.4) is 0 Å². The molecule has 0 N–H and O–H groups in total. The maximum atomic E-state index is 2.28. The van der Waals surface area contributed by atoms with Crippen LogP contribution in [0.25, 0.3) is 0 Å². The van der Waals surface area contributed by atoms with Crippen molar-refractivity contribution in [2.75, 3.05) is 6.26 Å². The fourth-order valence-electron chi connectivity index (χ4n) is 1.66. The molecule has 1 atom stereocenters. The highest BCUT2D eigenvalue weighted by Gasteiger charge is 2.19. The zero-order valence-electron chi connectivity index (χ0n) is 9.79. The van der Waals surface area contributed by atoms with Crippen LogP contribution in [0.2, 0.25) is 0 Å². The van der Waals surface area contributed by atoms with Gasteiger partial charge in [0.2, 0.25) is 0 Å². The van der Waals surface area contributed by atoms with Crippen molar-refractivity contribution in [3.8, 4) is 0 Å². The lowest BCUT2D eigenvalue weighted by atomic mass is 9.83. The Morgan fingerprint density at radius 3 is 2.21 bits per heavy atom. The van der Waals surface area contributed by atoms with Crippen LogP contribution in [0.5, 0.6) is 0 Å². The third-order valence-electron chi connectivity index (χ3n) is 2.56. The molecule has 0 aliphatic carbocycles. The highest BCUT2D eigenvalue weighted by molar-refractivity contribution is 7.98. The van der Waals surface area contributed by atoms with Gasteiger partial charge in [0.05, 0.1) is 0 Å². The number of thioether (sulfide) groups is 1. The molecular weight excluding hydrogens is 188 g/mol. The fourth-order valence-corrected chi connectivity index (χ4v) is 2.12. The SMILES string of the molecule is CSC(C)c1ccccc1C(C)(C)C. The second-order valence-electron chi connectivity index (χ2n) is 4.72. The van der Waals surface area contributed by atoms with Gasteiger partial charge in [0, 0.05) is 5.25 Å². The predicted octanol–water partition coefficient (Wildman–Crippen LogP) is 4.41. The van der Waals surface area contributed by atoms with Gasteiger partial charge in [-0.25, -0.2) is 0 Å². The van der Waals surface area contributed by atoms with Gasteiger partial charge in [0.1, 0.15) is 0 Å². The van der Waals surface area contributed by atoms with Crippen LogP contribution in [0.1, 0.15) is 44.1 Å². The Bertz CT molecular complexity index is 296. The lowest BCUT2D eigenvalue weighted by Gasteiger charge is -2.25. The van der Waals surface area contributed by atoms with Crippen LogP contribution in [-0.2, 0) is 5.41 Å². The zero-order valence-corrected chi connectivity index (χ0v) is 10.6. The molecule has 1 heteroatoms. The molecule has 1 unspecified atom stereocenters. The normalized spacial score (nSPS) is 14.1. The van der Waals surface area contributed by atoms with E-state index in [2.05, 4.69) is 58.2 Å². The standard InChI is InChI=1S/C13H20S/c1-10(14-5)11-8-6-7-9-12(11)13(2,3)4/h6-10H,1-5H3. The summed E-state index contributed by atoms with van der Waals surface area (Å²) in [5.74, 6) is 0. The van der Waals surface area contributed by atoms with Gasteiger partial charge in [-0.15, -0.1) is 0 Å². The molecule has 0 bridgehead atoms. The molecular formula is C13H20S. The summed E-state index contributed by atoms with van der Waals surface area (Å²) in [6.45, 7) is 9.10. The van der Waals surface area contributed by atoms with Gasteiger partial charge in [-0.3, -0.25) is 0 Å². The molecule has 1 aromatic carbocycles. The Labute approximate surface area is 92.1 Å². The average molecular weight is 208 g/mol. The van der Waals surface area contributed by atoms with Gasteiger partial charge in [0.15, 0.2) is 0 Å². The minimum Gasteiger partial charge on any atom is -0.157 e. The Morgan fingerprint density at radius 1 is 1.14 bits per heavy atom. The van der Waals surface area contributed by atoms with Gasteiger partial charge in [-0.1, -0.05) is 45.0 Å². The Kier molecular flexibility index (Phi) is 3.65. The summed E-state index contributed by atoms with van der Waals surface area (Å²) in [5.41, 5.74) is 3.20. The van der Waals surface area contributed by atoms with Crippen LogP contribution in [-0.4, -0.2) is 6.26 Å². The average Bonchev–Trinajstić information content (AvgIpc) is 2.15.